The number of thiophene rings is 1. The second kappa shape index (κ2) is 9.03. The summed E-state index contributed by atoms with van der Waals surface area (Å²) in [5.41, 5.74) is 1.73. The summed E-state index contributed by atoms with van der Waals surface area (Å²) >= 11 is 1.40. The molecule has 0 aliphatic rings. The van der Waals surface area contributed by atoms with Crippen LogP contribution >= 0.6 is 11.3 Å². The van der Waals surface area contributed by atoms with E-state index in [1.807, 2.05) is 23.6 Å². The first kappa shape index (κ1) is 19.4. The Balaban J connectivity index is 1.86. The lowest BCUT2D eigenvalue weighted by Crippen LogP contribution is -2.31. The maximum atomic E-state index is 12.2. The molecular weight excluding hydrogens is 360 g/mol. The molecule has 142 valence electrons. The van der Waals surface area contributed by atoms with Crippen molar-refractivity contribution in [1.29, 1.82) is 0 Å². The second-order valence-electron chi connectivity index (χ2n) is 6.26. The molecule has 6 nitrogen and oxygen atoms in total. The van der Waals surface area contributed by atoms with E-state index in [-0.39, 0.29) is 5.56 Å². The Bertz CT molecular complexity index is 1020. The van der Waals surface area contributed by atoms with Gasteiger partial charge in [0.15, 0.2) is 0 Å². The Kier molecular flexibility index (Phi) is 6.49. The van der Waals surface area contributed by atoms with Crippen LogP contribution < -0.4 is 10.9 Å². The first-order valence-electron chi connectivity index (χ1n) is 9.18. The Morgan fingerprint density at radius 1 is 1.26 bits per heavy atom. The third kappa shape index (κ3) is 4.16. The molecule has 2 N–H and O–H groups in total. The molecule has 0 spiro atoms. The number of aromatic nitrogens is 1. The van der Waals surface area contributed by atoms with Gasteiger partial charge in [0.05, 0.1) is 0 Å². The lowest BCUT2D eigenvalue weighted by molar-refractivity contribution is 0.304. The maximum Gasteiger partial charge on any atom is 0.266 e. The van der Waals surface area contributed by atoms with Crippen LogP contribution in [-0.4, -0.2) is 42.6 Å². The highest BCUT2D eigenvalue weighted by molar-refractivity contribution is 7.17. The number of rotatable bonds is 9. The molecular formula is C20H24N4O2S. The van der Waals surface area contributed by atoms with Crippen molar-refractivity contribution >= 4 is 44.1 Å². The van der Waals surface area contributed by atoms with Crippen molar-refractivity contribution in [2.75, 3.05) is 32.7 Å². The van der Waals surface area contributed by atoms with Crippen LogP contribution in [0.5, 0.6) is 0 Å². The van der Waals surface area contributed by atoms with Crippen molar-refractivity contribution in [2.24, 2.45) is 5.18 Å². The van der Waals surface area contributed by atoms with Gasteiger partial charge in [-0.3, -0.25) is 4.79 Å². The number of hydrogen-bond donors (Lipinski definition) is 2. The van der Waals surface area contributed by atoms with Gasteiger partial charge in [-0.15, -0.1) is 16.2 Å². The molecule has 0 aliphatic heterocycles. The molecule has 27 heavy (non-hydrogen) atoms. The molecule has 3 aromatic rings. The molecule has 3 rings (SSSR count). The zero-order valence-electron chi connectivity index (χ0n) is 15.6. The van der Waals surface area contributed by atoms with Crippen LogP contribution in [0.2, 0.25) is 0 Å². The van der Waals surface area contributed by atoms with Crippen molar-refractivity contribution in [1.82, 2.24) is 15.2 Å². The summed E-state index contributed by atoms with van der Waals surface area (Å²) in [6.45, 7) is 9.03. The predicted molar refractivity (Wildman–Crippen MR) is 115 cm³/mol. The summed E-state index contributed by atoms with van der Waals surface area (Å²) in [5.74, 6) is 0. The highest BCUT2D eigenvalue weighted by Gasteiger charge is 2.12. The number of pyridine rings is 1. The van der Waals surface area contributed by atoms with Gasteiger partial charge in [-0.2, -0.15) is 0 Å². The van der Waals surface area contributed by atoms with Gasteiger partial charge in [-0.25, -0.2) is 0 Å². The second-order valence-corrected chi connectivity index (χ2v) is 7.18. The summed E-state index contributed by atoms with van der Waals surface area (Å²) in [6, 6.07) is 5.31. The molecule has 0 unspecified atom stereocenters. The zero-order chi connectivity index (χ0) is 19.2. The average molecular weight is 385 g/mol. The van der Waals surface area contributed by atoms with Crippen LogP contribution in [0, 0.1) is 4.91 Å². The quantitative estimate of drug-likeness (QED) is 0.430. The van der Waals surface area contributed by atoms with E-state index >= 15 is 0 Å². The summed E-state index contributed by atoms with van der Waals surface area (Å²) in [6.07, 6.45) is 3.91. The molecule has 0 bridgehead atoms. The van der Waals surface area contributed by atoms with Crippen LogP contribution in [0.25, 0.3) is 27.1 Å². The highest BCUT2D eigenvalue weighted by Crippen LogP contribution is 2.34. The monoisotopic (exact) mass is 384 g/mol. The number of H-pyrrole nitrogens is 1. The van der Waals surface area contributed by atoms with E-state index in [4.69, 9.17) is 0 Å². The Morgan fingerprint density at radius 3 is 2.81 bits per heavy atom. The molecule has 2 heterocycles. The third-order valence-electron chi connectivity index (χ3n) is 4.76. The number of nitrogens with one attached hydrogen (secondary N) is 2. The molecule has 1 aromatic carbocycles. The van der Waals surface area contributed by atoms with Gasteiger partial charge in [-0.1, -0.05) is 26.0 Å². The van der Waals surface area contributed by atoms with Crippen molar-refractivity contribution in [3.63, 3.8) is 0 Å². The Morgan fingerprint density at radius 2 is 2.07 bits per heavy atom. The van der Waals surface area contributed by atoms with E-state index in [2.05, 4.69) is 34.2 Å². The highest BCUT2D eigenvalue weighted by atomic mass is 32.1. The van der Waals surface area contributed by atoms with E-state index < -0.39 is 0 Å². The summed E-state index contributed by atoms with van der Waals surface area (Å²) in [7, 11) is 0. The molecule has 0 amide bonds. The number of nitroso groups, excluding NO2 is 1. The van der Waals surface area contributed by atoms with E-state index in [1.54, 1.807) is 12.1 Å². The standard InChI is InChI=1S/C20H24N4O2S/c1-3-24(4-2)12-11-21-10-5-6-14-16(23-26)7-8-17-18(14)15-9-13-27-19(15)20(25)22-17/h5-9,13,21H,3-4,10-12H2,1-2H3,(H,22,25). The lowest BCUT2D eigenvalue weighted by atomic mass is 10.0. The minimum Gasteiger partial charge on any atom is -0.321 e. The van der Waals surface area contributed by atoms with E-state index in [0.717, 1.165) is 42.5 Å². The fourth-order valence-electron chi connectivity index (χ4n) is 3.25. The molecule has 0 aliphatic carbocycles. The predicted octanol–water partition coefficient (Wildman–Crippen LogP) is 4.09. The average Bonchev–Trinajstić information content (AvgIpc) is 3.18. The van der Waals surface area contributed by atoms with Crippen molar-refractivity contribution in [2.45, 2.75) is 13.8 Å². The fraction of sp³-hybridized carbons (Fsp3) is 0.350. The maximum absolute atomic E-state index is 12.2. The Hall–Kier alpha value is -2.35. The van der Waals surface area contributed by atoms with Crippen LogP contribution in [-0.2, 0) is 0 Å². The first-order chi connectivity index (χ1) is 13.2. The van der Waals surface area contributed by atoms with Gasteiger partial charge in [0, 0.05) is 41.5 Å². The number of hydrogen-bond acceptors (Lipinski definition) is 6. The smallest absolute Gasteiger partial charge is 0.266 e. The Labute approximate surface area is 161 Å². The fourth-order valence-corrected chi connectivity index (χ4v) is 4.05. The van der Waals surface area contributed by atoms with Gasteiger partial charge in [0.1, 0.15) is 10.4 Å². The zero-order valence-corrected chi connectivity index (χ0v) is 16.4. The van der Waals surface area contributed by atoms with E-state index in [1.165, 1.54) is 11.3 Å². The SMILES string of the molecule is CCN(CC)CCNCC=Cc1c(N=O)ccc2[nH]c(=O)c3sccc3c12. The van der Waals surface area contributed by atoms with E-state index in [9.17, 15) is 9.70 Å². The largest absolute Gasteiger partial charge is 0.321 e. The van der Waals surface area contributed by atoms with Gasteiger partial charge in [-0.05, 0) is 41.8 Å². The summed E-state index contributed by atoms with van der Waals surface area (Å²) < 4.78 is 0.664. The van der Waals surface area contributed by atoms with Crippen LogP contribution in [0.15, 0.2) is 39.6 Å². The number of nitrogens with zero attached hydrogens (tertiary/aromatic N) is 2. The molecule has 0 radical (unpaired) electrons. The minimum atomic E-state index is -0.104. The number of fused-ring (bicyclic) bond motifs is 3. The lowest BCUT2D eigenvalue weighted by Gasteiger charge is -2.17. The summed E-state index contributed by atoms with van der Waals surface area (Å²) in [4.78, 5) is 28.8. The van der Waals surface area contributed by atoms with Crippen molar-refractivity contribution in [3.05, 3.63) is 50.5 Å². The molecule has 2 aromatic heterocycles. The van der Waals surface area contributed by atoms with Gasteiger partial charge in [0.2, 0.25) is 0 Å². The number of benzene rings is 1. The number of likely N-dealkylation sites (N-methyl/N-ethyl adjacent to an activating group) is 1. The van der Waals surface area contributed by atoms with Gasteiger partial charge >= 0.3 is 0 Å². The van der Waals surface area contributed by atoms with Gasteiger partial charge < -0.3 is 15.2 Å². The minimum absolute atomic E-state index is 0.104. The number of aromatic amines is 1. The molecule has 0 atom stereocenters. The molecule has 0 saturated heterocycles. The molecule has 7 heteroatoms. The topological polar surface area (TPSA) is 77.6 Å². The normalized spacial score (nSPS) is 12.0. The van der Waals surface area contributed by atoms with E-state index in [0.29, 0.717) is 22.4 Å². The van der Waals surface area contributed by atoms with Crippen LogP contribution in [0.3, 0.4) is 0 Å². The molecule has 0 fully saturated rings. The van der Waals surface area contributed by atoms with Crippen molar-refractivity contribution in [3.8, 4) is 0 Å². The van der Waals surface area contributed by atoms with Gasteiger partial charge in [0.25, 0.3) is 5.56 Å². The van der Waals surface area contributed by atoms with Crippen molar-refractivity contribution < 1.29 is 0 Å². The van der Waals surface area contributed by atoms with Crippen LogP contribution in [0.4, 0.5) is 5.69 Å². The summed E-state index contributed by atoms with van der Waals surface area (Å²) in [5, 5.41) is 10.2. The first-order valence-corrected chi connectivity index (χ1v) is 10.1. The molecule has 0 saturated carbocycles. The third-order valence-corrected chi connectivity index (χ3v) is 5.67. The van der Waals surface area contributed by atoms with Crippen LogP contribution in [0.1, 0.15) is 19.4 Å².